The van der Waals surface area contributed by atoms with Crippen LogP contribution in [0.1, 0.15) is 16.8 Å². The first kappa shape index (κ1) is 13.6. The topological polar surface area (TPSA) is 119 Å². The number of carbonyl (C=O) groups is 3. The van der Waals surface area contributed by atoms with Crippen molar-refractivity contribution in [3.05, 3.63) is 36.0 Å². The van der Waals surface area contributed by atoms with E-state index in [0.29, 0.717) is 0 Å². The number of hydrogen-bond donors (Lipinski definition) is 4. The average Bonchev–Trinajstić information content (AvgIpc) is 2.84. The van der Waals surface area contributed by atoms with Gasteiger partial charge in [-0.2, -0.15) is 0 Å². The van der Waals surface area contributed by atoms with Gasteiger partial charge in [-0.25, -0.2) is 4.79 Å². The number of H-pyrrole nitrogens is 1. The smallest absolute Gasteiger partial charge is 0.326 e. The molecule has 0 saturated heterocycles. The lowest BCUT2D eigenvalue weighted by Crippen LogP contribution is -2.42. The van der Waals surface area contributed by atoms with E-state index in [0.717, 1.165) is 10.9 Å². The minimum Gasteiger partial charge on any atom is -0.481 e. The van der Waals surface area contributed by atoms with Gasteiger partial charge in [-0.15, -0.1) is 0 Å². The molecule has 1 amide bonds. The predicted octanol–water partition coefficient (Wildman–Crippen LogP) is 0.826. The number of aliphatic carboxylic acids is 2. The van der Waals surface area contributed by atoms with Crippen LogP contribution in [0.25, 0.3) is 10.9 Å². The van der Waals surface area contributed by atoms with Crippen LogP contribution in [0.5, 0.6) is 0 Å². The molecule has 20 heavy (non-hydrogen) atoms. The number of aromatic nitrogens is 1. The van der Waals surface area contributed by atoms with Gasteiger partial charge in [-0.05, 0) is 23.6 Å². The van der Waals surface area contributed by atoms with Crippen molar-refractivity contribution in [2.45, 2.75) is 12.5 Å². The second kappa shape index (κ2) is 5.43. The number of carbonyl (C=O) groups excluding carboxylic acids is 1. The van der Waals surface area contributed by atoms with Crippen LogP contribution in [-0.2, 0) is 9.59 Å². The lowest BCUT2D eigenvalue weighted by molar-refractivity contribution is -0.145. The third-order valence-corrected chi connectivity index (χ3v) is 2.80. The molecular weight excluding hydrogens is 264 g/mol. The Morgan fingerprint density at radius 2 is 1.95 bits per heavy atom. The highest BCUT2D eigenvalue weighted by molar-refractivity contribution is 6.00. The molecule has 0 fully saturated rings. The molecule has 1 aromatic carbocycles. The average molecular weight is 276 g/mol. The molecule has 1 heterocycles. The van der Waals surface area contributed by atoms with E-state index in [4.69, 9.17) is 10.2 Å². The van der Waals surface area contributed by atoms with E-state index in [9.17, 15) is 14.4 Å². The monoisotopic (exact) mass is 276 g/mol. The Kier molecular flexibility index (Phi) is 3.69. The molecule has 0 radical (unpaired) electrons. The number of carboxylic acid groups (broad SMARTS) is 2. The van der Waals surface area contributed by atoms with E-state index in [2.05, 4.69) is 10.3 Å². The number of benzene rings is 1. The molecular formula is C13H12N2O5. The summed E-state index contributed by atoms with van der Waals surface area (Å²) in [5, 5.41) is 20.6. The molecule has 1 aromatic heterocycles. The highest BCUT2D eigenvalue weighted by atomic mass is 16.4. The molecule has 0 aliphatic heterocycles. The first-order valence-electron chi connectivity index (χ1n) is 5.80. The van der Waals surface area contributed by atoms with Gasteiger partial charge in [0.05, 0.1) is 6.42 Å². The van der Waals surface area contributed by atoms with Crippen molar-refractivity contribution in [2.75, 3.05) is 0 Å². The molecule has 4 N–H and O–H groups in total. The van der Waals surface area contributed by atoms with Crippen LogP contribution in [0.4, 0.5) is 0 Å². The third kappa shape index (κ3) is 2.94. The van der Waals surface area contributed by atoms with Crippen LogP contribution in [0, 0.1) is 0 Å². The Hall–Kier alpha value is -2.83. The molecule has 0 aliphatic carbocycles. The summed E-state index contributed by atoms with van der Waals surface area (Å²) in [4.78, 5) is 36.3. The number of rotatable bonds is 5. The minimum atomic E-state index is -1.46. The van der Waals surface area contributed by atoms with Crippen molar-refractivity contribution < 1.29 is 24.6 Å². The normalized spacial score (nSPS) is 12.0. The van der Waals surface area contributed by atoms with E-state index in [1.807, 2.05) is 6.07 Å². The van der Waals surface area contributed by atoms with Gasteiger partial charge in [0.15, 0.2) is 0 Å². The summed E-state index contributed by atoms with van der Waals surface area (Å²) >= 11 is 0. The number of fused-ring (bicyclic) bond motifs is 1. The van der Waals surface area contributed by atoms with Crippen LogP contribution in [0.2, 0.25) is 0 Å². The zero-order valence-corrected chi connectivity index (χ0v) is 10.3. The number of carboxylic acids is 2. The van der Waals surface area contributed by atoms with Gasteiger partial charge in [-0.3, -0.25) is 9.59 Å². The van der Waals surface area contributed by atoms with E-state index in [1.54, 1.807) is 24.4 Å². The molecule has 0 aliphatic rings. The molecule has 7 nitrogen and oxygen atoms in total. The van der Waals surface area contributed by atoms with Crippen LogP contribution in [0.3, 0.4) is 0 Å². The number of aromatic amines is 1. The Morgan fingerprint density at radius 3 is 2.60 bits per heavy atom. The largest absolute Gasteiger partial charge is 0.481 e. The summed E-state index contributed by atoms with van der Waals surface area (Å²) in [6.07, 6.45) is 1.04. The maximum absolute atomic E-state index is 11.9. The molecule has 0 bridgehead atoms. The number of nitrogens with one attached hydrogen (secondary N) is 2. The lowest BCUT2D eigenvalue weighted by atomic mass is 10.1. The Bertz CT molecular complexity index is 676. The fraction of sp³-hybridized carbons (Fsp3) is 0.154. The molecule has 2 rings (SSSR count). The van der Waals surface area contributed by atoms with E-state index in [1.165, 1.54) is 0 Å². The van der Waals surface area contributed by atoms with E-state index < -0.39 is 30.3 Å². The second-order valence-electron chi connectivity index (χ2n) is 4.24. The highest BCUT2D eigenvalue weighted by Crippen LogP contribution is 2.14. The van der Waals surface area contributed by atoms with Crippen molar-refractivity contribution in [2.24, 2.45) is 0 Å². The van der Waals surface area contributed by atoms with Gasteiger partial charge in [0.2, 0.25) is 0 Å². The SMILES string of the molecule is O=C(O)C[C@H](NC(=O)c1ccc2cc[nH]c2c1)C(=O)O. The van der Waals surface area contributed by atoms with E-state index in [-0.39, 0.29) is 5.56 Å². The van der Waals surface area contributed by atoms with Gasteiger partial charge in [0.1, 0.15) is 6.04 Å². The maximum Gasteiger partial charge on any atom is 0.326 e. The summed E-state index contributed by atoms with van der Waals surface area (Å²) in [6, 6.07) is 5.21. The number of hydrogen-bond acceptors (Lipinski definition) is 3. The summed E-state index contributed by atoms with van der Waals surface area (Å²) in [6.45, 7) is 0. The standard InChI is InChI=1S/C13H12N2O5/c16-11(17)6-10(13(19)20)15-12(18)8-2-1-7-3-4-14-9(7)5-8/h1-5,10,14H,6H2,(H,15,18)(H,16,17)(H,19,20)/t10-/m0/s1. The Balaban J connectivity index is 2.17. The summed E-state index contributed by atoms with van der Waals surface area (Å²) in [7, 11) is 0. The van der Waals surface area contributed by atoms with Gasteiger partial charge in [0, 0.05) is 17.3 Å². The summed E-state index contributed by atoms with van der Waals surface area (Å²) < 4.78 is 0. The van der Waals surface area contributed by atoms with Crippen LogP contribution in [-0.4, -0.2) is 39.1 Å². The fourth-order valence-corrected chi connectivity index (χ4v) is 1.81. The van der Waals surface area contributed by atoms with Gasteiger partial charge in [-0.1, -0.05) is 6.07 Å². The quantitative estimate of drug-likeness (QED) is 0.644. The Labute approximate surface area is 113 Å². The Morgan fingerprint density at radius 1 is 1.20 bits per heavy atom. The van der Waals surface area contributed by atoms with Crippen molar-refractivity contribution in [3.63, 3.8) is 0 Å². The molecule has 0 unspecified atom stereocenters. The van der Waals surface area contributed by atoms with Gasteiger partial charge >= 0.3 is 11.9 Å². The first-order chi connectivity index (χ1) is 9.47. The van der Waals surface area contributed by atoms with Crippen LogP contribution >= 0.6 is 0 Å². The third-order valence-electron chi connectivity index (χ3n) is 2.80. The van der Waals surface area contributed by atoms with Crippen LogP contribution in [0.15, 0.2) is 30.5 Å². The number of amides is 1. The minimum absolute atomic E-state index is 0.261. The molecule has 7 heteroatoms. The highest BCUT2D eigenvalue weighted by Gasteiger charge is 2.23. The lowest BCUT2D eigenvalue weighted by Gasteiger charge is -2.12. The predicted molar refractivity (Wildman–Crippen MR) is 69.4 cm³/mol. The summed E-state index contributed by atoms with van der Waals surface area (Å²) in [5.41, 5.74) is 0.999. The second-order valence-corrected chi connectivity index (χ2v) is 4.24. The molecule has 1 atom stereocenters. The van der Waals surface area contributed by atoms with Crippen molar-refractivity contribution in [1.82, 2.24) is 10.3 Å². The molecule has 104 valence electrons. The zero-order valence-electron chi connectivity index (χ0n) is 10.3. The molecule has 0 spiro atoms. The van der Waals surface area contributed by atoms with E-state index >= 15 is 0 Å². The van der Waals surface area contributed by atoms with Crippen molar-refractivity contribution in [1.29, 1.82) is 0 Å². The first-order valence-corrected chi connectivity index (χ1v) is 5.80. The molecule has 0 saturated carbocycles. The van der Waals surface area contributed by atoms with Crippen LogP contribution < -0.4 is 5.32 Å². The maximum atomic E-state index is 11.9. The van der Waals surface area contributed by atoms with Crippen molar-refractivity contribution >= 4 is 28.7 Å². The van der Waals surface area contributed by atoms with Gasteiger partial charge in [0.25, 0.3) is 5.91 Å². The fourth-order valence-electron chi connectivity index (χ4n) is 1.81. The zero-order chi connectivity index (χ0) is 14.7. The summed E-state index contributed by atoms with van der Waals surface area (Å²) in [5.74, 6) is -3.31. The van der Waals surface area contributed by atoms with Gasteiger partial charge < -0.3 is 20.5 Å². The molecule has 2 aromatic rings. The van der Waals surface area contributed by atoms with Crippen molar-refractivity contribution in [3.8, 4) is 0 Å².